The maximum atomic E-state index is 10.5. The molecule has 1 aromatic heterocycles. The van der Waals surface area contributed by atoms with E-state index in [2.05, 4.69) is 31.2 Å². The molecule has 0 atom stereocenters. The maximum absolute atomic E-state index is 10.5. The lowest BCUT2D eigenvalue weighted by atomic mass is 10.3. The van der Waals surface area contributed by atoms with E-state index < -0.39 is 0 Å². The van der Waals surface area contributed by atoms with Gasteiger partial charge in [-0.2, -0.15) is 0 Å². The minimum Gasteiger partial charge on any atom is -0.314 e. The van der Waals surface area contributed by atoms with Crippen LogP contribution in [0, 0.1) is 0 Å². The zero-order valence-electron chi connectivity index (χ0n) is 12.4. The van der Waals surface area contributed by atoms with Crippen molar-refractivity contribution in [1.29, 1.82) is 0 Å². The number of hydrogen-bond donors (Lipinski definition) is 3. The molecule has 1 aromatic rings. The van der Waals surface area contributed by atoms with Gasteiger partial charge in [0.25, 0.3) is 0 Å². The van der Waals surface area contributed by atoms with Crippen molar-refractivity contribution in [2.24, 2.45) is 0 Å². The lowest BCUT2D eigenvalue weighted by Crippen LogP contribution is -2.41. The van der Waals surface area contributed by atoms with Crippen LogP contribution < -0.4 is 16.0 Å². The predicted octanol–water partition coefficient (Wildman–Crippen LogP) is -1.94. The van der Waals surface area contributed by atoms with E-state index in [1.54, 1.807) is 4.68 Å². The van der Waals surface area contributed by atoms with Gasteiger partial charge in [-0.1, -0.05) is 5.21 Å². The van der Waals surface area contributed by atoms with Crippen LogP contribution in [0.15, 0.2) is 6.20 Å². The van der Waals surface area contributed by atoms with E-state index in [9.17, 15) is 4.79 Å². The molecule has 118 valence electrons. The van der Waals surface area contributed by atoms with Gasteiger partial charge in [-0.3, -0.25) is 4.90 Å². The molecule has 1 saturated heterocycles. The van der Waals surface area contributed by atoms with Gasteiger partial charge in [-0.15, -0.1) is 5.10 Å². The largest absolute Gasteiger partial charge is 0.314 e. The Hall–Kier alpha value is -1.35. The smallest absolute Gasteiger partial charge is 0.141 e. The highest BCUT2D eigenvalue weighted by Gasteiger charge is 2.09. The first-order chi connectivity index (χ1) is 10.4. The summed E-state index contributed by atoms with van der Waals surface area (Å²) in [6, 6.07) is 0. The van der Waals surface area contributed by atoms with Gasteiger partial charge in [0.15, 0.2) is 0 Å². The van der Waals surface area contributed by atoms with E-state index in [0.717, 1.165) is 70.9 Å². The SMILES string of the molecule is O=CCn1cc(CN2CCNCCNCCNCC2)nn1. The van der Waals surface area contributed by atoms with Crippen LogP contribution in [-0.4, -0.2) is 78.5 Å². The fourth-order valence-corrected chi connectivity index (χ4v) is 2.28. The van der Waals surface area contributed by atoms with Crippen LogP contribution in [0.2, 0.25) is 0 Å². The van der Waals surface area contributed by atoms with Crippen LogP contribution in [0.25, 0.3) is 0 Å². The Morgan fingerprint density at radius 2 is 1.67 bits per heavy atom. The fourth-order valence-electron chi connectivity index (χ4n) is 2.28. The third kappa shape index (κ3) is 6.30. The van der Waals surface area contributed by atoms with Crippen LogP contribution in [0.1, 0.15) is 5.69 Å². The maximum Gasteiger partial charge on any atom is 0.141 e. The van der Waals surface area contributed by atoms with E-state index in [-0.39, 0.29) is 6.54 Å². The van der Waals surface area contributed by atoms with Crippen LogP contribution in [0.4, 0.5) is 0 Å². The molecule has 1 aliphatic rings. The Balaban J connectivity index is 1.82. The minimum absolute atomic E-state index is 0.267. The molecular formula is C13H25N7O. The van der Waals surface area contributed by atoms with Crippen molar-refractivity contribution in [1.82, 2.24) is 35.8 Å². The topological polar surface area (TPSA) is 87.1 Å². The van der Waals surface area contributed by atoms with Crippen molar-refractivity contribution in [2.45, 2.75) is 13.1 Å². The second-order valence-electron chi connectivity index (χ2n) is 5.12. The molecule has 0 saturated carbocycles. The lowest BCUT2D eigenvalue weighted by Gasteiger charge is -2.22. The second-order valence-corrected chi connectivity index (χ2v) is 5.12. The van der Waals surface area contributed by atoms with Crippen LogP contribution in [-0.2, 0) is 17.9 Å². The van der Waals surface area contributed by atoms with Gasteiger partial charge in [0.2, 0.25) is 0 Å². The van der Waals surface area contributed by atoms with Crippen LogP contribution >= 0.6 is 0 Å². The Kier molecular flexibility index (Phi) is 7.30. The number of carbonyl (C=O) groups is 1. The van der Waals surface area contributed by atoms with Gasteiger partial charge in [0.05, 0.1) is 18.4 Å². The molecule has 0 aliphatic carbocycles. The first-order valence-electron chi connectivity index (χ1n) is 7.55. The van der Waals surface area contributed by atoms with Crippen molar-refractivity contribution >= 4 is 6.29 Å². The summed E-state index contributed by atoms with van der Waals surface area (Å²) in [5.41, 5.74) is 0.908. The van der Waals surface area contributed by atoms with Crippen molar-refractivity contribution in [2.75, 3.05) is 52.4 Å². The van der Waals surface area contributed by atoms with E-state index in [0.29, 0.717) is 0 Å². The summed E-state index contributed by atoms with van der Waals surface area (Å²) in [6.07, 6.45) is 2.67. The number of hydrogen-bond acceptors (Lipinski definition) is 7. The molecular weight excluding hydrogens is 270 g/mol. The number of nitrogens with zero attached hydrogens (tertiary/aromatic N) is 4. The van der Waals surface area contributed by atoms with Gasteiger partial charge < -0.3 is 20.7 Å². The second kappa shape index (κ2) is 9.56. The Bertz CT molecular complexity index is 397. The summed E-state index contributed by atoms with van der Waals surface area (Å²) in [7, 11) is 0. The Morgan fingerprint density at radius 1 is 1.05 bits per heavy atom. The molecule has 8 nitrogen and oxygen atoms in total. The highest BCUT2D eigenvalue weighted by molar-refractivity contribution is 5.48. The monoisotopic (exact) mass is 295 g/mol. The van der Waals surface area contributed by atoms with Gasteiger partial charge in [-0.25, -0.2) is 4.68 Å². The Morgan fingerprint density at radius 3 is 2.29 bits per heavy atom. The molecule has 8 heteroatoms. The number of rotatable bonds is 4. The van der Waals surface area contributed by atoms with Crippen molar-refractivity contribution < 1.29 is 4.79 Å². The molecule has 0 bridgehead atoms. The zero-order chi connectivity index (χ0) is 14.8. The first kappa shape index (κ1) is 16.0. The number of nitrogens with one attached hydrogen (secondary N) is 3. The van der Waals surface area contributed by atoms with Crippen molar-refractivity contribution in [3.05, 3.63) is 11.9 Å². The lowest BCUT2D eigenvalue weighted by molar-refractivity contribution is -0.108. The van der Waals surface area contributed by atoms with Gasteiger partial charge in [0.1, 0.15) is 6.29 Å². The number of aromatic nitrogens is 3. The fraction of sp³-hybridized carbons (Fsp3) is 0.769. The van der Waals surface area contributed by atoms with Crippen LogP contribution in [0.3, 0.4) is 0 Å². The summed E-state index contributed by atoms with van der Waals surface area (Å²) < 4.78 is 1.57. The average Bonchev–Trinajstić information content (AvgIpc) is 2.90. The molecule has 21 heavy (non-hydrogen) atoms. The predicted molar refractivity (Wildman–Crippen MR) is 80.0 cm³/mol. The zero-order valence-corrected chi connectivity index (χ0v) is 12.4. The summed E-state index contributed by atoms with van der Waals surface area (Å²) in [6.45, 7) is 8.89. The molecule has 2 rings (SSSR count). The van der Waals surface area contributed by atoms with E-state index in [1.165, 1.54) is 0 Å². The molecule has 0 aromatic carbocycles. The first-order valence-corrected chi connectivity index (χ1v) is 7.55. The molecule has 3 N–H and O–H groups in total. The molecule has 0 amide bonds. The normalized spacial score (nSPS) is 19.6. The summed E-state index contributed by atoms with van der Waals surface area (Å²) in [4.78, 5) is 12.8. The highest BCUT2D eigenvalue weighted by Crippen LogP contribution is 2.00. The molecule has 1 aliphatic heterocycles. The standard InChI is InChI=1S/C13H25N7O/c21-10-9-20-12-13(17-18-20)11-19-7-5-15-3-1-14-2-4-16-6-8-19/h10,12,14-16H,1-9,11H2. The molecule has 0 radical (unpaired) electrons. The third-order valence-electron chi connectivity index (χ3n) is 3.40. The van der Waals surface area contributed by atoms with E-state index in [1.807, 2.05) is 6.20 Å². The molecule has 1 fully saturated rings. The van der Waals surface area contributed by atoms with Crippen LogP contribution in [0.5, 0.6) is 0 Å². The van der Waals surface area contributed by atoms with E-state index in [4.69, 9.17) is 0 Å². The average molecular weight is 295 g/mol. The van der Waals surface area contributed by atoms with Gasteiger partial charge >= 0.3 is 0 Å². The highest BCUT2D eigenvalue weighted by atomic mass is 16.1. The van der Waals surface area contributed by atoms with E-state index >= 15 is 0 Å². The molecule has 2 heterocycles. The van der Waals surface area contributed by atoms with Crippen molar-refractivity contribution in [3.8, 4) is 0 Å². The summed E-state index contributed by atoms with van der Waals surface area (Å²) in [5, 5.41) is 18.3. The quantitative estimate of drug-likeness (QED) is 0.557. The minimum atomic E-state index is 0.267. The molecule has 0 spiro atoms. The van der Waals surface area contributed by atoms with Crippen molar-refractivity contribution in [3.63, 3.8) is 0 Å². The number of aldehydes is 1. The summed E-state index contributed by atoms with van der Waals surface area (Å²) in [5.74, 6) is 0. The van der Waals surface area contributed by atoms with Gasteiger partial charge in [0, 0.05) is 58.9 Å². The molecule has 0 unspecified atom stereocenters. The van der Waals surface area contributed by atoms with Gasteiger partial charge in [-0.05, 0) is 0 Å². The number of carbonyl (C=O) groups excluding carboxylic acids is 1. The Labute approximate surface area is 125 Å². The summed E-state index contributed by atoms with van der Waals surface area (Å²) >= 11 is 0. The third-order valence-corrected chi connectivity index (χ3v) is 3.40.